The van der Waals surface area contributed by atoms with Crippen molar-refractivity contribution in [2.24, 2.45) is 0 Å². The van der Waals surface area contributed by atoms with E-state index in [2.05, 4.69) is 38.2 Å². The number of nitrogens with one attached hydrogen (secondary N) is 1. The van der Waals surface area contributed by atoms with Crippen LogP contribution >= 0.6 is 0 Å². The molecule has 24 heavy (non-hydrogen) atoms. The van der Waals surface area contributed by atoms with Gasteiger partial charge in [-0.1, -0.05) is 42.6 Å². The van der Waals surface area contributed by atoms with Crippen molar-refractivity contribution >= 4 is 11.9 Å². The van der Waals surface area contributed by atoms with Crippen molar-refractivity contribution < 1.29 is 14.7 Å². The minimum absolute atomic E-state index is 0.118. The number of aliphatic carboxylic acids is 1. The highest BCUT2D eigenvalue weighted by Crippen LogP contribution is 2.35. The third-order valence-electron chi connectivity index (χ3n) is 4.76. The zero-order valence-corrected chi connectivity index (χ0v) is 15.5. The second-order valence-corrected chi connectivity index (χ2v) is 7.20. The first-order chi connectivity index (χ1) is 11.4. The van der Waals surface area contributed by atoms with Gasteiger partial charge in [-0.05, 0) is 59.3 Å². The molecule has 1 amide bonds. The van der Waals surface area contributed by atoms with Gasteiger partial charge in [-0.15, -0.1) is 0 Å². The van der Waals surface area contributed by atoms with Gasteiger partial charge in [-0.25, -0.2) is 4.79 Å². The van der Waals surface area contributed by atoms with Gasteiger partial charge in [-0.2, -0.15) is 0 Å². The van der Waals surface area contributed by atoms with Crippen LogP contribution in [0.5, 0.6) is 0 Å². The van der Waals surface area contributed by atoms with E-state index < -0.39 is 11.5 Å². The van der Waals surface area contributed by atoms with Crippen LogP contribution < -0.4 is 5.32 Å². The summed E-state index contributed by atoms with van der Waals surface area (Å²) in [6, 6.07) is 0. The minimum atomic E-state index is -0.937. The second-order valence-electron chi connectivity index (χ2n) is 7.20. The van der Waals surface area contributed by atoms with Crippen molar-refractivity contribution in [2.45, 2.75) is 90.5 Å². The van der Waals surface area contributed by atoms with Crippen LogP contribution in [-0.4, -0.2) is 22.5 Å². The average Bonchev–Trinajstić information content (AvgIpc) is 3.29. The SMILES string of the molecule is CC(C)=C(C)C/C=C\CCCCCCCC(=O)NC1(C(=O)O)CC1. The number of amides is 1. The molecule has 0 atom stereocenters. The van der Waals surface area contributed by atoms with Crippen LogP contribution in [0.15, 0.2) is 23.3 Å². The summed E-state index contributed by atoms with van der Waals surface area (Å²) in [5.74, 6) is -1.02. The van der Waals surface area contributed by atoms with E-state index in [1.54, 1.807) is 0 Å². The molecule has 1 rings (SSSR count). The Morgan fingerprint density at radius 3 is 2.21 bits per heavy atom. The number of carboxylic acids is 1. The molecule has 0 radical (unpaired) electrons. The lowest BCUT2D eigenvalue weighted by molar-refractivity contribution is -0.143. The predicted molar refractivity (Wildman–Crippen MR) is 97.9 cm³/mol. The van der Waals surface area contributed by atoms with E-state index in [0.717, 1.165) is 32.1 Å². The number of hydrogen-bond acceptors (Lipinski definition) is 2. The molecule has 0 aromatic heterocycles. The van der Waals surface area contributed by atoms with E-state index in [-0.39, 0.29) is 5.91 Å². The summed E-state index contributed by atoms with van der Waals surface area (Å²) < 4.78 is 0. The van der Waals surface area contributed by atoms with Gasteiger partial charge in [0.15, 0.2) is 0 Å². The lowest BCUT2D eigenvalue weighted by Crippen LogP contribution is -2.42. The summed E-state index contributed by atoms with van der Waals surface area (Å²) in [5, 5.41) is 11.7. The molecule has 0 aromatic rings. The van der Waals surface area contributed by atoms with Crippen LogP contribution in [-0.2, 0) is 9.59 Å². The molecular weight excluding hydrogens is 302 g/mol. The normalized spacial score (nSPS) is 15.3. The van der Waals surface area contributed by atoms with Crippen LogP contribution in [0.25, 0.3) is 0 Å². The van der Waals surface area contributed by atoms with E-state index >= 15 is 0 Å². The molecule has 1 saturated carbocycles. The number of allylic oxidation sites excluding steroid dienone is 4. The van der Waals surface area contributed by atoms with Gasteiger partial charge in [-0.3, -0.25) is 4.79 Å². The average molecular weight is 335 g/mol. The van der Waals surface area contributed by atoms with E-state index in [9.17, 15) is 9.59 Å². The topological polar surface area (TPSA) is 66.4 Å². The maximum absolute atomic E-state index is 11.7. The molecule has 2 N–H and O–H groups in total. The van der Waals surface area contributed by atoms with Gasteiger partial charge in [0.05, 0.1) is 0 Å². The quantitative estimate of drug-likeness (QED) is 0.399. The smallest absolute Gasteiger partial charge is 0.329 e. The second kappa shape index (κ2) is 10.3. The van der Waals surface area contributed by atoms with E-state index in [4.69, 9.17) is 5.11 Å². The summed E-state index contributed by atoms with van der Waals surface area (Å²) in [4.78, 5) is 22.7. The van der Waals surface area contributed by atoms with E-state index in [1.807, 2.05) is 0 Å². The predicted octanol–water partition coefficient (Wildman–Crippen LogP) is 4.75. The number of carboxylic acid groups (broad SMARTS) is 1. The minimum Gasteiger partial charge on any atom is -0.480 e. The van der Waals surface area contributed by atoms with Gasteiger partial charge in [0.2, 0.25) is 5.91 Å². The summed E-state index contributed by atoms with van der Waals surface area (Å²) in [6.45, 7) is 6.47. The fourth-order valence-corrected chi connectivity index (χ4v) is 2.51. The summed E-state index contributed by atoms with van der Waals surface area (Å²) in [6.07, 6.45) is 13.7. The summed E-state index contributed by atoms with van der Waals surface area (Å²) in [5.41, 5.74) is 1.91. The number of rotatable bonds is 12. The highest BCUT2D eigenvalue weighted by molar-refractivity contribution is 5.89. The first-order valence-corrected chi connectivity index (χ1v) is 9.20. The van der Waals surface area contributed by atoms with Crippen molar-refractivity contribution in [2.75, 3.05) is 0 Å². The Morgan fingerprint density at radius 1 is 1.00 bits per heavy atom. The number of hydrogen-bond donors (Lipinski definition) is 2. The Hall–Kier alpha value is -1.58. The fraction of sp³-hybridized carbons (Fsp3) is 0.700. The molecule has 136 valence electrons. The first kappa shape index (κ1) is 20.5. The lowest BCUT2D eigenvalue weighted by Gasteiger charge is -2.12. The zero-order valence-electron chi connectivity index (χ0n) is 15.5. The molecule has 0 aliphatic heterocycles. The van der Waals surface area contributed by atoms with Crippen molar-refractivity contribution in [1.29, 1.82) is 0 Å². The van der Waals surface area contributed by atoms with Crippen LogP contribution in [0.3, 0.4) is 0 Å². The van der Waals surface area contributed by atoms with Crippen molar-refractivity contribution in [1.82, 2.24) is 5.32 Å². The maximum Gasteiger partial charge on any atom is 0.329 e. The van der Waals surface area contributed by atoms with Crippen molar-refractivity contribution in [3.05, 3.63) is 23.3 Å². The van der Waals surface area contributed by atoms with Gasteiger partial charge in [0, 0.05) is 6.42 Å². The highest BCUT2D eigenvalue weighted by Gasteiger charge is 2.51. The Kier molecular flexibility index (Phi) is 8.80. The number of carbonyl (C=O) groups is 2. The molecule has 0 bridgehead atoms. The molecule has 4 heteroatoms. The molecular formula is C20H33NO3. The molecule has 1 fully saturated rings. The molecule has 0 saturated heterocycles. The Balaban J connectivity index is 1.96. The standard InChI is InChI=1S/C20H33NO3/c1-16(2)17(3)12-10-8-6-4-5-7-9-11-13-18(22)21-20(14-15-20)19(23)24/h8,10H,4-7,9,11-15H2,1-3H3,(H,21,22)(H,23,24)/b10-8-. The molecule has 0 spiro atoms. The van der Waals surface area contributed by atoms with Gasteiger partial charge in [0.1, 0.15) is 5.54 Å². The van der Waals surface area contributed by atoms with Crippen molar-refractivity contribution in [3.63, 3.8) is 0 Å². The van der Waals surface area contributed by atoms with Crippen LogP contribution in [0.2, 0.25) is 0 Å². The van der Waals surface area contributed by atoms with Crippen LogP contribution in [0, 0.1) is 0 Å². The first-order valence-electron chi connectivity index (χ1n) is 9.20. The number of unbranched alkanes of at least 4 members (excludes halogenated alkanes) is 5. The lowest BCUT2D eigenvalue weighted by atomic mass is 10.1. The molecule has 0 aromatic carbocycles. The summed E-state index contributed by atoms with van der Waals surface area (Å²) >= 11 is 0. The maximum atomic E-state index is 11.7. The molecule has 0 heterocycles. The number of carbonyl (C=O) groups excluding carboxylic acids is 1. The van der Waals surface area contributed by atoms with E-state index in [1.165, 1.54) is 24.0 Å². The van der Waals surface area contributed by atoms with Gasteiger partial charge in [0.25, 0.3) is 0 Å². The molecule has 1 aliphatic rings. The fourth-order valence-electron chi connectivity index (χ4n) is 2.51. The third kappa shape index (κ3) is 7.80. The van der Waals surface area contributed by atoms with Crippen molar-refractivity contribution in [3.8, 4) is 0 Å². The summed E-state index contributed by atoms with van der Waals surface area (Å²) in [7, 11) is 0. The molecule has 4 nitrogen and oxygen atoms in total. The van der Waals surface area contributed by atoms with Crippen LogP contribution in [0.1, 0.15) is 85.0 Å². The Labute approximate surface area is 146 Å². The Morgan fingerprint density at radius 2 is 1.62 bits per heavy atom. The van der Waals surface area contributed by atoms with Gasteiger partial charge >= 0.3 is 5.97 Å². The highest BCUT2D eigenvalue weighted by atomic mass is 16.4. The zero-order chi connectivity index (χ0) is 18.0. The van der Waals surface area contributed by atoms with E-state index in [0.29, 0.717) is 19.3 Å². The third-order valence-corrected chi connectivity index (χ3v) is 4.76. The molecule has 0 unspecified atom stereocenters. The molecule has 1 aliphatic carbocycles. The van der Waals surface area contributed by atoms with Crippen LogP contribution in [0.4, 0.5) is 0 Å². The van der Waals surface area contributed by atoms with Gasteiger partial charge < -0.3 is 10.4 Å². The largest absolute Gasteiger partial charge is 0.480 e. The Bertz CT molecular complexity index is 483. The monoisotopic (exact) mass is 335 g/mol.